The van der Waals surface area contributed by atoms with Gasteiger partial charge < -0.3 is 0 Å². The van der Waals surface area contributed by atoms with Crippen molar-refractivity contribution in [2.75, 3.05) is 0 Å². The topological polar surface area (TPSA) is 26.3 Å². The Hall–Kier alpha value is -0.375. The minimum absolute atomic E-state index is 0.0674. The zero-order chi connectivity index (χ0) is 8.81. The Bertz CT molecular complexity index is 246. The van der Waals surface area contributed by atoms with E-state index in [1.54, 1.807) is 0 Å². The molecule has 0 radical (unpaired) electrons. The van der Waals surface area contributed by atoms with Gasteiger partial charge in [0.25, 0.3) is 0 Å². The molecule has 59 valence electrons. The summed E-state index contributed by atoms with van der Waals surface area (Å²) in [5.41, 5.74) is 1.19. The third-order valence-corrected chi connectivity index (χ3v) is 2.87. The number of carbonyl (C=O) groups is 1. The van der Waals surface area contributed by atoms with Crippen molar-refractivity contribution in [3.63, 3.8) is 0 Å². The van der Waals surface area contributed by atoms with Crippen LogP contribution in [0.15, 0.2) is 30.3 Å². The number of carbonyl (C=O) groups excluding carboxylic acids is 1. The molecule has 0 aromatic heterocycles. The summed E-state index contributed by atoms with van der Waals surface area (Å²) in [7, 11) is 0. The number of rotatable bonds is 3. The van der Waals surface area contributed by atoms with Crippen LogP contribution in [0, 0.1) is 0 Å². The van der Waals surface area contributed by atoms with Crippen LogP contribution in [0.3, 0.4) is 0 Å². The molecule has 0 fully saturated rings. The predicted molar refractivity (Wildman–Crippen MR) is 40.9 cm³/mol. The normalized spacial score (nSPS) is 9.50. The summed E-state index contributed by atoms with van der Waals surface area (Å²) in [6, 6.07) is 9.96. The molecule has 1 aromatic rings. The van der Waals surface area contributed by atoms with E-state index < -0.39 is 0 Å². The molecule has 2 nitrogen and oxygen atoms in total. The van der Waals surface area contributed by atoms with Gasteiger partial charge in [-0.2, -0.15) is 0 Å². The molecule has 1 rings (SSSR count). The van der Waals surface area contributed by atoms with Gasteiger partial charge in [-0.1, -0.05) is 0 Å². The van der Waals surface area contributed by atoms with Crippen molar-refractivity contribution in [2.45, 2.75) is 12.8 Å². The Kier molecular flexibility index (Phi) is 4.29. The maximum atomic E-state index is 10.8. The van der Waals surface area contributed by atoms with Crippen molar-refractivity contribution in [1.82, 2.24) is 0 Å². The van der Waals surface area contributed by atoms with Crippen molar-refractivity contribution in [1.29, 1.82) is 0 Å². The molecule has 0 aliphatic rings. The molecule has 0 bridgehead atoms. The van der Waals surface area contributed by atoms with Crippen molar-refractivity contribution < 1.29 is 34.0 Å². The van der Waals surface area contributed by atoms with E-state index >= 15 is 0 Å². The van der Waals surface area contributed by atoms with Crippen LogP contribution in [0.1, 0.15) is 12.0 Å². The van der Waals surface area contributed by atoms with Crippen molar-refractivity contribution in [2.24, 2.45) is 0 Å². The fourth-order valence-electron chi connectivity index (χ4n) is 0.963. The minimum atomic E-state index is -0.0674. The second-order valence-corrected chi connectivity index (χ2v) is 3.62. The van der Waals surface area contributed by atoms with Gasteiger partial charge in [0.15, 0.2) is 0 Å². The first kappa shape index (κ1) is 9.71. The summed E-state index contributed by atoms with van der Waals surface area (Å²) in [6.45, 7) is 0. The summed E-state index contributed by atoms with van der Waals surface area (Å²) in [5, 5.41) is 0. The van der Waals surface area contributed by atoms with Gasteiger partial charge in [-0.25, -0.2) is 0 Å². The average molecular weight is 350 g/mol. The van der Waals surface area contributed by atoms with Crippen LogP contribution in [-0.2, 0) is 40.4 Å². The quantitative estimate of drug-likeness (QED) is 0.775. The van der Waals surface area contributed by atoms with E-state index in [4.69, 9.17) is 2.64 Å². The molecule has 12 heavy (non-hydrogen) atoms. The molecule has 0 saturated carbocycles. The molecule has 0 heterocycles. The predicted octanol–water partition coefficient (Wildman–Crippen LogP) is 1.62. The second-order valence-electron chi connectivity index (χ2n) is 2.50. The summed E-state index contributed by atoms with van der Waals surface area (Å²) < 4.78 is 4.73. The first-order valence-electron chi connectivity index (χ1n) is 3.81. The SMILES string of the molecule is O=C(CCc1ccccc1)[O][Hg]. The van der Waals surface area contributed by atoms with E-state index in [9.17, 15) is 4.79 Å². The Labute approximate surface area is 88.6 Å². The molecule has 0 unspecified atom stereocenters. The van der Waals surface area contributed by atoms with Gasteiger partial charge in [0.05, 0.1) is 0 Å². The van der Waals surface area contributed by atoms with Gasteiger partial charge in [-0.3, -0.25) is 0 Å². The monoisotopic (exact) mass is 351 g/mol. The van der Waals surface area contributed by atoms with Crippen LogP contribution in [-0.4, -0.2) is 5.97 Å². The van der Waals surface area contributed by atoms with Gasteiger partial charge in [-0.05, 0) is 0 Å². The van der Waals surface area contributed by atoms with Crippen LogP contribution in [0.4, 0.5) is 0 Å². The van der Waals surface area contributed by atoms with Crippen LogP contribution in [0.25, 0.3) is 0 Å². The van der Waals surface area contributed by atoms with Gasteiger partial charge in [0.1, 0.15) is 0 Å². The first-order chi connectivity index (χ1) is 5.83. The van der Waals surface area contributed by atoms with Crippen LogP contribution < -0.4 is 0 Å². The first-order valence-corrected chi connectivity index (χ1v) is 6.06. The summed E-state index contributed by atoms with van der Waals surface area (Å²) in [4.78, 5) is 10.8. The van der Waals surface area contributed by atoms with Gasteiger partial charge >= 0.3 is 88.7 Å². The van der Waals surface area contributed by atoms with Gasteiger partial charge in [0.2, 0.25) is 0 Å². The van der Waals surface area contributed by atoms with Crippen LogP contribution in [0.5, 0.6) is 0 Å². The van der Waals surface area contributed by atoms with E-state index in [1.807, 2.05) is 30.3 Å². The van der Waals surface area contributed by atoms with Gasteiger partial charge in [0, 0.05) is 0 Å². The fraction of sp³-hybridized carbons (Fsp3) is 0.222. The Balaban J connectivity index is 2.38. The Morgan fingerprint density at radius 2 is 2.00 bits per heavy atom. The number of aryl methyl sites for hydroxylation is 1. The molecule has 1 aromatic carbocycles. The molecule has 0 aliphatic carbocycles. The molecular formula is C9H9HgO2. The zero-order valence-corrected chi connectivity index (χ0v) is 12.3. The maximum absolute atomic E-state index is 10.8. The third-order valence-electron chi connectivity index (χ3n) is 1.62. The number of hydrogen-bond donors (Lipinski definition) is 0. The molecule has 0 saturated heterocycles. The second kappa shape index (κ2) is 5.30. The van der Waals surface area contributed by atoms with Crippen LogP contribution in [0.2, 0.25) is 0 Å². The summed E-state index contributed by atoms with van der Waals surface area (Å²) >= 11 is 0.136. The van der Waals surface area contributed by atoms with Gasteiger partial charge in [-0.15, -0.1) is 0 Å². The average Bonchev–Trinajstić information content (AvgIpc) is 2.16. The zero-order valence-electron chi connectivity index (χ0n) is 6.82. The van der Waals surface area contributed by atoms with E-state index in [0.717, 1.165) is 6.42 Å². The summed E-state index contributed by atoms with van der Waals surface area (Å²) in [6.07, 6.45) is 1.30. The molecule has 3 heteroatoms. The standard InChI is InChI=1S/C9H10O2.Hg/c10-9(11)7-6-8-4-2-1-3-5-8;/h1-5H,6-7H2,(H,10,11);/q;+1/p-1. The fourth-order valence-corrected chi connectivity index (χ4v) is 1.52. The molecular weight excluding hydrogens is 341 g/mol. The van der Waals surface area contributed by atoms with E-state index in [-0.39, 0.29) is 32.5 Å². The van der Waals surface area contributed by atoms with E-state index in [2.05, 4.69) is 0 Å². The Morgan fingerprint density at radius 1 is 1.33 bits per heavy atom. The molecule has 0 amide bonds. The third kappa shape index (κ3) is 3.35. The molecule has 0 aliphatic heterocycles. The molecule has 0 spiro atoms. The van der Waals surface area contributed by atoms with Crippen molar-refractivity contribution in [3.05, 3.63) is 35.9 Å². The summed E-state index contributed by atoms with van der Waals surface area (Å²) in [5.74, 6) is -0.0674. The number of benzene rings is 1. The van der Waals surface area contributed by atoms with Crippen LogP contribution >= 0.6 is 0 Å². The van der Waals surface area contributed by atoms with E-state index in [1.165, 1.54) is 5.56 Å². The van der Waals surface area contributed by atoms with Crippen molar-refractivity contribution >= 4 is 5.97 Å². The number of hydrogen-bond acceptors (Lipinski definition) is 2. The molecule has 0 N–H and O–H groups in total. The Morgan fingerprint density at radius 3 is 2.58 bits per heavy atom. The van der Waals surface area contributed by atoms with E-state index in [0.29, 0.717) is 6.42 Å². The molecule has 0 atom stereocenters. The van der Waals surface area contributed by atoms with Crippen molar-refractivity contribution in [3.8, 4) is 0 Å².